The summed E-state index contributed by atoms with van der Waals surface area (Å²) in [6, 6.07) is 19.6. The summed E-state index contributed by atoms with van der Waals surface area (Å²) in [5.41, 5.74) is 3.35. The van der Waals surface area contributed by atoms with Gasteiger partial charge in [0.05, 0.1) is 7.11 Å². The first-order valence-electron chi connectivity index (χ1n) is 8.07. The fourth-order valence-corrected chi connectivity index (χ4v) is 2.93. The van der Waals surface area contributed by atoms with Gasteiger partial charge >= 0.3 is 5.97 Å². The smallest absolute Gasteiger partial charge is 0.327 e. The van der Waals surface area contributed by atoms with Gasteiger partial charge < -0.3 is 4.74 Å². The lowest BCUT2D eigenvalue weighted by molar-refractivity contribution is -0.146. The SMILES string of the molecule is COC(=O)[C@H](c1ccccc1)N1CC=C(/C=C/c2ccccc2)C1. The molecule has 1 aliphatic rings. The predicted octanol–water partition coefficient (Wildman–Crippen LogP) is 3.86. The second kappa shape index (κ2) is 7.75. The maximum absolute atomic E-state index is 12.3. The van der Waals surface area contributed by atoms with E-state index in [1.165, 1.54) is 18.2 Å². The molecule has 0 aliphatic carbocycles. The largest absolute Gasteiger partial charge is 0.468 e. The Bertz CT molecular complexity index is 735. The van der Waals surface area contributed by atoms with Crippen LogP contribution in [0.1, 0.15) is 17.2 Å². The number of carbonyl (C=O) groups excluding carboxylic acids is 1. The molecule has 0 fully saturated rings. The van der Waals surface area contributed by atoms with Crippen molar-refractivity contribution in [3.05, 3.63) is 89.5 Å². The highest BCUT2D eigenvalue weighted by Gasteiger charge is 2.30. The monoisotopic (exact) mass is 319 g/mol. The van der Waals surface area contributed by atoms with Crippen molar-refractivity contribution in [2.45, 2.75) is 6.04 Å². The van der Waals surface area contributed by atoms with E-state index < -0.39 is 0 Å². The number of hydrogen-bond donors (Lipinski definition) is 0. The first-order valence-corrected chi connectivity index (χ1v) is 8.07. The molecule has 2 aromatic carbocycles. The van der Waals surface area contributed by atoms with Crippen LogP contribution in [0.15, 0.2) is 78.4 Å². The van der Waals surface area contributed by atoms with Gasteiger partial charge in [-0.3, -0.25) is 4.90 Å². The van der Waals surface area contributed by atoms with Gasteiger partial charge in [-0.05, 0) is 16.7 Å². The first kappa shape index (κ1) is 16.2. The number of benzene rings is 2. The molecule has 0 radical (unpaired) electrons. The molecule has 0 saturated carbocycles. The van der Waals surface area contributed by atoms with Gasteiger partial charge in [0.25, 0.3) is 0 Å². The van der Waals surface area contributed by atoms with E-state index in [0.717, 1.165) is 18.7 Å². The molecule has 24 heavy (non-hydrogen) atoms. The van der Waals surface area contributed by atoms with Gasteiger partial charge in [-0.15, -0.1) is 0 Å². The Labute approximate surface area is 142 Å². The van der Waals surface area contributed by atoms with E-state index in [1.54, 1.807) is 0 Å². The van der Waals surface area contributed by atoms with Crippen LogP contribution in [0.3, 0.4) is 0 Å². The molecule has 0 unspecified atom stereocenters. The summed E-state index contributed by atoms with van der Waals surface area (Å²) in [7, 11) is 1.44. The highest BCUT2D eigenvalue weighted by Crippen LogP contribution is 2.26. The van der Waals surface area contributed by atoms with Crippen LogP contribution in [0, 0.1) is 0 Å². The molecule has 3 nitrogen and oxygen atoms in total. The van der Waals surface area contributed by atoms with Gasteiger partial charge in [-0.2, -0.15) is 0 Å². The Morgan fingerprint density at radius 2 is 1.71 bits per heavy atom. The molecular weight excluding hydrogens is 298 g/mol. The van der Waals surface area contributed by atoms with Gasteiger partial charge in [0, 0.05) is 13.1 Å². The van der Waals surface area contributed by atoms with Crippen LogP contribution in [-0.4, -0.2) is 31.1 Å². The molecule has 0 N–H and O–H groups in total. The number of nitrogens with zero attached hydrogens (tertiary/aromatic N) is 1. The number of rotatable bonds is 5. The third-order valence-electron chi connectivity index (χ3n) is 4.17. The highest BCUT2D eigenvalue weighted by molar-refractivity contribution is 5.77. The van der Waals surface area contributed by atoms with E-state index in [0.29, 0.717) is 0 Å². The van der Waals surface area contributed by atoms with E-state index in [4.69, 9.17) is 4.74 Å². The second-order valence-corrected chi connectivity index (χ2v) is 5.79. The molecule has 0 bridgehead atoms. The van der Waals surface area contributed by atoms with Crippen LogP contribution >= 0.6 is 0 Å². The van der Waals surface area contributed by atoms with Gasteiger partial charge in [0.2, 0.25) is 0 Å². The van der Waals surface area contributed by atoms with E-state index in [9.17, 15) is 4.79 Å². The second-order valence-electron chi connectivity index (χ2n) is 5.79. The Morgan fingerprint density at radius 3 is 2.38 bits per heavy atom. The van der Waals surface area contributed by atoms with E-state index >= 15 is 0 Å². The van der Waals surface area contributed by atoms with E-state index in [1.807, 2.05) is 48.5 Å². The number of methoxy groups -OCH3 is 1. The first-order chi connectivity index (χ1) is 11.8. The molecule has 2 aromatic rings. The quantitative estimate of drug-likeness (QED) is 0.784. The van der Waals surface area contributed by atoms with Gasteiger partial charge in [0.15, 0.2) is 0 Å². The standard InChI is InChI=1S/C21H21NO2/c1-24-21(23)20(19-10-6-3-7-11-19)22-15-14-18(16-22)13-12-17-8-4-2-5-9-17/h2-14,20H,15-16H2,1H3/b13-12+/t20-/m0/s1. The van der Waals surface area contributed by atoms with Crippen LogP contribution < -0.4 is 0 Å². The van der Waals surface area contributed by atoms with Crippen molar-refractivity contribution >= 4 is 12.0 Å². The summed E-state index contributed by atoms with van der Waals surface area (Å²) >= 11 is 0. The normalized spacial score (nSPS) is 16.1. The molecule has 3 heteroatoms. The van der Waals surface area contributed by atoms with Crippen LogP contribution in [0.25, 0.3) is 6.08 Å². The summed E-state index contributed by atoms with van der Waals surface area (Å²) in [6.45, 7) is 1.47. The molecule has 0 saturated heterocycles. The lowest BCUT2D eigenvalue weighted by Gasteiger charge is -2.25. The van der Waals surface area contributed by atoms with Crippen molar-refractivity contribution in [2.75, 3.05) is 20.2 Å². The van der Waals surface area contributed by atoms with Crippen LogP contribution in [-0.2, 0) is 9.53 Å². The molecule has 0 aromatic heterocycles. The Kier molecular flexibility index (Phi) is 5.24. The summed E-state index contributed by atoms with van der Waals surface area (Å²) in [6.07, 6.45) is 6.39. The topological polar surface area (TPSA) is 29.5 Å². The lowest BCUT2D eigenvalue weighted by atomic mass is 10.1. The molecule has 122 valence electrons. The van der Waals surface area contributed by atoms with E-state index in [2.05, 4.69) is 35.3 Å². The maximum Gasteiger partial charge on any atom is 0.327 e. The summed E-state index contributed by atoms with van der Waals surface area (Å²) in [5, 5.41) is 0. The molecule has 1 aliphatic heterocycles. The number of ether oxygens (including phenoxy) is 1. The number of carbonyl (C=O) groups is 1. The van der Waals surface area contributed by atoms with Gasteiger partial charge in [-0.25, -0.2) is 4.79 Å². The van der Waals surface area contributed by atoms with Crippen LogP contribution in [0.2, 0.25) is 0 Å². The van der Waals surface area contributed by atoms with Crippen molar-refractivity contribution in [2.24, 2.45) is 0 Å². The zero-order valence-electron chi connectivity index (χ0n) is 13.8. The fourth-order valence-electron chi connectivity index (χ4n) is 2.93. The Morgan fingerprint density at radius 1 is 1.04 bits per heavy atom. The minimum absolute atomic E-state index is 0.220. The molecule has 1 heterocycles. The van der Waals surface area contributed by atoms with E-state index in [-0.39, 0.29) is 12.0 Å². The predicted molar refractivity (Wildman–Crippen MR) is 96.3 cm³/mol. The zero-order chi connectivity index (χ0) is 16.8. The number of esters is 1. The molecule has 0 spiro atoms. The van der Waals surface area contributed by atoms with Crippen LogP contribution in [0.4, 0.5) is 0 Å². The van der Waals surface area contributed by atoms with Gasteiger partial charge in [-0.1, -0.05) is 78.9 Å². The van der Waals surface area contributed by atoms with Crippen molar-refractivity contribution in [1.82, 2.24) is 4.90 Å². The third-order valence-corrected chi connectivity index (χ3v) is 4.17. The zero-order valence-corrected chi connectivity index (χ0v) is 13.8. The Hall–Kier alpha value is -2.65. The van der Waals surface area contributed by atoms with Crippen molar-refractivity contribution in [3.8, 4) is 0 Å². The molecule has 1 atom stereocenters. The maximum atomic E-state index is 12.3. The number of hydrogen-bond acceptors (Lipinski definition) is 3. The minimum Gasteiger partial charge on any atom is -0.468 e. The average molecular weight is 319 g/mol. The molecular formula is C21H21NO2. The minimum atomic E-state index is -0.366. The Balaban J connectivity index is 1.72. The molecule has 0 amide bonds. The summed E-state index contributed by atoms with van der Waals surface area (Å²) in [4.78, 5) is 14.4. The van der Waals surface area contributed by atoms with Crippen LogP contribution in [0.5, 0.6) is 0 Å². The van der Waals surface area contributed by atoms with Crippen molar-refractivity contribution in [3.63, 3.8) is 0 Å². The lowest BCUT2D eigenvalue weighted by Crippen LogP contribution is -2.33. The van der Waals surface area contributed by atoms with Gasteiger partial charge in [0.1, 0.15) is 6.04 Å². The highest BCUT2D eigenvalue weighted by atomic mass is 16.5. The van der Waals surface area contributed by atoms with Crippen molar-refractivity contribution in [1.29, 1.82) is 0 Å². The average Bonchev–Trinajstić information content (AvgIpc) is 3.10. The van der Waals surface area contributed by atoms with Crippen molar-refractivity contribution < 1.29 is 9.53 Å². The fraction of sp³-hybridized carbons (Fsp3) is 0.190. The molecule has 3 rings (SSSR count). The third kappa shape index (κ3) is 3.81. The summed E-state index contributed by atoms with van der Waals surface area (Å²) in [5.74, 6) is -0.220. The summed E-state index contributed by atoms with van der Waals surface area (Å²) < 4.78 is 5.02.